The van der Waals surface area contributed by atoms with Crippen LogP contribution in [0.3, 0.4) is 0 Å². The third-order valence-corrected chi connectivity index (χ3v) is 2.85. The highest BCUT2D eigenvalue weighted by Gasteiger charge is 2.35. The normalized spacial score (nSPS) is 19.3. The summed E-state index contributed by atoms with van der Waals surface area (Å²) in [4.78, 5) is 13.9. The van der Waals surface area contributed by atoms with Gasteiger partial charge in [-0.15, -0.1) is 0 Å². The van der Waals surface area contributed by atoms with Crippen LogP contribution in [0, 0.1) is 0 Å². The molecular formula is C10H19NO2. The molecule has 0 spiro atoms. The number of carbonyl (C=O) groups is 1. The minimum atomic E-state index is -0.341. The lowest BCUT2D eigenvalue weighted by Gasteiger charge is -2.33. The lowest BCUT2D eigenvalue weighted by Crippen LogP contribution is -2.50. The molecule has 1 heterocycles. The van der Waals surface area contributed by atoms with Crippen molar-refractivity contribution in [2.45, 2.75) is 32.2 Å². The lowest BCUT2D eigenvalue weighted by atomic mass is 9.97. The number of hydrogen-bond acceptors (Lipinski definition) is 3. The summed E-state index contributed by atoms with van der Waals surface area (Å²) in [6.07, 6.45) is 2.42. The van der Waals surface area contributed by atoms with Crippen molar-refractivity contribution in [3.05, 3.63) is 0 Å². The Balaban J connectivity index is 2.57. The number of likely N-dealkylation sites (tertiary alicyclic amines) is 1. The van der Waals surface area contributed by atoms with E-state index in [0.29, 0.717) is 0 Å². The standard InChI is InChI=1S/C10H19NO2/c1-10(2,9(12)8-13-3)11-6-4-5-7-11/h4-8H2,1-3H3. The quantitative estimate of drug-likeness (QED) is 0.656. The van der Waals surface area contributed by atoms with Gasteiger partial charge < -0.3 is 4.74 Å². The maximum absolute atomic E-state index is 11.7. The molecule has 1 rings (SSSR count). The number of methoxy groups -OCH3 is 1. The van der Waals surface area contributed by atoms with Gasteiger partial charge >= 0.3 is 0 Å². The zero-order valence-electron chi connectivity index (χ0n) is 8.80. The van der Waals surface area contributed by atoms with E-state index in [9.17, 15) is 4.79 Å². The number of ether oxygens (including phenoxy) is 1. The van der Waals surface area contributed by atoms with Gasteiger partial charge in [0.05, 0.1) is 5.54 Å². The molecule has 3 heteroatoms. The Morgan fingerprint density at radius 1 is 1.38 bits per heavy atom. The van der Waals surface area contributed by atoms with Crippen LogP contribution in [0.5, 0.6) is 0 Å². The average Bonchev–Trinajstić information content (AvgIpc) is 2.56. The van der Waals surface area contributed by atoms with Crippen molar-refractivity contribution >= 4 is 5.78 Å². The van der Waals surface area contributed by atoms with Crippen LogP contribution in [-0.2, 0) is 9.53 Å². The van der Waals surface area contributed by atoms with E-state index >= 15 is 0 Å². The van der Waals surface area contributed by atoms with E-state index in [4.69, 9.17) is 4.74 Å². The van der Waals surface area contributed by atoms with Crippen LogP contribution < -0.4 is 0 Å². The molecule has 1 fully saturated rings. The molecule has 0 aromatic rings. The fraction of sp³-hybridized carbons (Fsp3) is 0.900. The third kappa shape index (κ3) is 2.29. The van der Waals surface area contributed by atoms with E-state index in [-0.39, 0.29) is 17.9 Å². The second-order valence-electron chi connectivity index (χ2n) is 4.11. The first-order valence-corrected chi connectivity index (χ1v) is 4.86. The largest absolute Gasteiger partial charge is 0.377 e. The Morgan fingerprint density at radius 3 is 2.38 bits per heavy atom. The molecule has 13 heavy (non-hydrogen) atoms. The predicted molar refractivity (Wildman–Crippen MR) is 51.8 cm³/mol. The maximum Gasteiger partial charge on any atom is 0.178 e. The van der Waals surface area contributed by atoms with Crippen LogP contribution in [0.15, 0.2) is 0 Å². The SMILES string of the molecule is COCC(=O)C(C)(C)N1CCCC1. The summed E-state index contributed by atoms with van der Waals surface area (Å²) in [5.41, 5.74) is -0.341. The van der Waals surface area contributed by atoms with Crippen LogP contribution in [0.1, 0.15) is 26.7 Å². The first-order chi connectivity index (χ1) is 6.09. The number of ketones is 1. The zero-order valence-corrected chi connectivity index (χ0v) is 8.80. The van der Waals surface area contributed by atoms with Gasteiger partial charge in [-0.1, -0.05) is 0 Å². The highest BCUT2D eigenvalue weighted by Crippen LogP contribution is 2.21. The molecule has 0 aromatic heterocycles. The van der Waals surface area contributed by atoms with Crippen LogP contribution in [0.25, 0.3) is 0 Å². The van der Waals surface area contributed by atoms with Crippen molar-refractivity contribution in [1.29, 1.82) is 0 Å². The van der Waals surface area contributed by atoms with Crippen LogP contribution in [-0.4, -0.2) is 43.0 Å². The van der Waals surface area contributed by atoms with Crippen molar-refractivity contribution < 1.29 is 9.53 Å². The monoisotopic (exact) mass is 185 g/mol. The predicted octanol–water partition coefficient (Wildman–Crippen LogP) is 1.08. The van der Waals surface area contributed by atoms with Crippen LogP contribution in [0.2, 0.25) is 0 Å². The highest BCUT2D eigenvalue weighted by atomic mass is 16.5. The van der Waals surface area contributed by atoms with E-state index in [0.717, 1.165) is 13.1 Å². The van der Waals surface area contributed by atoms with E-state index in [1.54, 1.807) is 7.11 Å². The van der Waals surface area contributed by atoms with Gasteiger partial charge in [-0.25, -0.2) is 0 Å². The highest BCUT2D eigenvalue weighted by molar-refractivity contribution is 5.88. The fourth-order valence-electron chi connectivity index (χ4n) is 1.76. The Bertz CT molecular complexity index is 183. The molecule has 0 aromatic carbocycles. The van der Waals surface area contributed by atoms with E-state index in [2.05, 4.69) is 4.90 Å². The Hall–Kier alpha value is -0.410. The molecular weight excluding hydrogens is 166 g/mol. The van der Waals surface area contributed by atoms with Gasteiger partial charge in [-0.05, 0) is 39.8 Å². The number of nitrogens with zero attached hydrogens (tertiary/aromatic N) is 1. The van der Waals surface area contributed by atoms with Gasteiger partial charge in [-0.3, -0.25) is 9.69 Å². The summed E-state index contributed by atoms with van der Waals surface area (Å²) in [6, 6.07) is 0. The molecule has 1 aliphatic heterocycles. The summed E-state index contributed by atoms with van der Waals surface area (Å²) in [5.74, 6) is 0.178. The van der Waals surface area contributed by atoms with Crippen molar-refractivity contribution in [2.75, 3.05) is 26.8 Å². The summed E-state index contributed by atoms with van der Waals surface area (Å²) in [7, 11) is 1.57. The molecule has 0 aliphatic carbocycles. The van der Waals surface area contributed by atoms with E-state index in [1.165, 1.54) is 12.8 Å². The van der Waals surface area contributed by atoms with Crippen LogP contribution in [0.4, 0.5) is 0 Å². The summed E-state index contributed by atoms with van der Waals surface area (Å²) in [6.45, 7) is 6.29. The molecule has 0 radical (unpaired) electrons. The lowest BCUT2D eigenvalue weighted by molar-refractivity contribution is -0.132. The van der Waals surface area contributed by atoms with E-state index < -0.39 is 0 Å². The molecule has 3 nitrogen and oxygen atoms in total. The van der Waals surface area contributed by atoms with Gasteiger partial charge in [0.15, 0.2) is 5.78 Å². The molecule has 0 saturated carbocycles. The van der Waals surface area contributed by atoms with Crippen LogP contribution >= 0.6 is 0 Å². The zero-order chi connectivity index (χ0) is 9.90. The van der Waals surface area contributed by atoms with Crippen molar-refractivity contribution in [1.82, 2.24) is 4.90 Å². The second kappa shape index (κ2) is 4.20. The fourth-order valence-corrected chi connectivity index (χ4v) is 1.76. The number of hydrogen-bond donors (Lipinski definition) is 0. The maximum atomic E-state index is 11.7. The minimum absolute atomic E-state index is 0.178. The Labute approximate surface area is 80.1 Å². The summed E-state index contributed by atoms with van der Waals surface area (Å²) in [5, 5.41) is 0. The average molecular weight is 185 g/mol. The molecule has 1 saturated heterocycles. The number of Topliss-reactive ketones (excluding diaryl/α,β-unsaturated/α-hetero) is 1. The molecule has 0 unspecified atom stereocenters. The van der Waals surface area contributed by atoms with Crippen molar-refractivity contribution in [3.8, 4) is 0 Å². The van der Waals surface area contributed by atoms with Crippen molar-refractivity contribution in [2.24, 2.45) is 0 Å². The molecule has 0 amide bonds. The Morgan fingerprint density at radius 2 is 1.92 bits per heavy atom. The molecule has 76 valence electrons. The minimum Gasteiger partial charge on any atom is -0.377 e. The smallest absolute Gasteiger partial charge is 0.178 e. The molecule has 0 atom stereocenters. The summed E-state index contributed by atoms with van der Waals surface area (Å²) < 4.78 is 4.87. The Kier molecular flexibility index (Phi) is 3.45. The van der Waals surface area contributed by atoms with Gasteiger partial charge in [0.25, 0.3) is 0 Å². The topological polar surface area (TPSA) is 29.5 Å². The molecule has 0 bridgehead atoms. The van der Waals surface area contributed by atoms with Gasteiger partial charge in [-0.2, -0.15) is 0 Å². The number of carbonyl (C=O) groups excluding carboxylic acids is 1. The third-order valence-electron chi connectivity index (χ3n) is 2.85. The molecule has 0 N–H and O–H groups in total. The first-order valence-electron chi connectivity index (χ1n) is 4.86. The van der Waals surface area contributed by atoms with E-state index in [1.807, 2.05) is 13.8 Å². The summed E-state index contributed by atoms with van der Waals surface area (Å²) >= 11 is 0. The first kappa shape index (κ1) is 10.7. The van der Waals surface area contributed by atoms with Gasteiger partial charge in [0, 0.05) is 7.11 Å². The second-order valence-corrected chi connectivity index (χ2v) is 4.11. The molecule has 1 aliphatic rings. The van der Waals surface area contributed by atoms with Crippen molar-refractivity contribution in [3.63, 3.8) is 0 Å². The van der Waals surface area contributed by atoms with Gasteiger partial charge in [0.1, 0.15) is 6.61 Å². The van der Waals surface area contributed by atoms with Gasteiger partial charge in [0.2, 0.25) is 0 Å². The number of rotatable bonds is 4.